The van der Waals surface area contributed by atoms with Crippen molar-refractivity contribution in [2.45, 2.75) is 52.5 Å². The third-order valence-electron chi connectivity index (χ3n) is 2.97. The Kier molecular flexibility index (Phi) is 7.39. The van der Waals surface area contributed by atoms with Crippen molar-refractivity contribution < 1.29 is 4.79 Å². The second-order valence-electron chi connectivity index (χ2n) is 4.31. The Bertz CT molecular complexity index is 176. The van der Waals surface area contributed by atoms with Crippen LogP contribution < -0.4 is 5.73 Å². The third kappa shape index (κ3) is 4.65. The second-order valence-corrected chi connectivity index (χ2v) is 4.31. The molecular weight excluding hydrogens is 188 g/mol. The van der Waals surface area contributed by atoms with Gasteiger partial charge >= 0.3 is 0 Å². The molecule has 2 N–H and O–H groups in total. The zero-order valence-electron chi connectivity index (χ0n) is 10.6. The van der Waals surface area contributed by atoms with E-state index in [2.05, 4.69) is 13.8 Å². The molecule has 0 radical (unpaired) electrons. The summed E-state index contributed by atoms with van der Waals surface area (Å²) in [6, 6.07) is 0.147. The minimum Gasteiger partial charge on any atom is -0.342 e. The van der Waals surface area contributed by atoms with Crippen molar-refractivity contribution in [3.63, 3.8) is 0 Å². The molecule has 90 valence electrons. The maximum Gasteiger partial charge on any atom is 0.225 e. The van der Waals surface area contributed by atoms with Gasteiger partial charge in [-0.1, -0.05) is 26.7 Å². The lowest BCUT2D eigenvalue weighted by molar-refractivity contribution is -0.136. The number of carbonyl (C=O) groups is 1. The molecule has 3 nitrogen and oxygen atoms in total. The first kappa shape index (κ1) is 14.4. The summed E-state index contributed by atoms with van der Waals surface area (Å²) in [6.07, 6.45) is 4.13. The average Bonchev–Trinajstić information content (AvgIpc) is 2.25. The fourth-order valence-electron chi connectivity index (χ4n) is 1.75. The molecule has 0 aromatic carbocycles. The molecule has 0 aliphatic heterocycles. The Hall–Kier alpha value is -0.570. The van der Waals surface area contributed by atoms with E-state index in [0.29, 0.717) is 6.54 Å². The first-order chi connectivity index (χ1) is 7.08. The molecule has 0 bridgehead atoms. The summed E-state index contributed by atoms with van der Waals surface area (Å²) in [4.78, 5) is 13.9. The van der Waals surface area contributed by atoms with Crippen molar-refractivity contribution in [3.8, 4) is 0 Å². The minimum atomic E-state index is 0.147. The highest BCUT2D eigenvalue weighted by Gasteiger charge is 2.22. The van der Waals surface area contributed by atoms with Crippen LogP contribution in [-0.4, -0.2) is 30.4 Å². The molecule has 0 saturated heterocycles. The fourth-order valence-corrected chi connectivity index (χ4v) is 1.75. The predicted octanol–water partition coefficient (Wildman–Crippen LogP) is 2.01. The van der Waals surface area contributed by atoms with Crippen molar-refractivity contribution in [2.24, 2.45) is 11.7 Å². The monoisotopic (exact) mass is 214 g/mol. The molecule has 3 heteroatoms. The van der Waals surface area contributed by atoms with Gasteiger partial charge in [-0.3, -0.25) is 4.79 Å². The van der Waals surface area contributed by atoms with Gasteiger partial charge in [0.25, 0.3) is 0 Å². The molecule has 0 fully saturated rings. The lowest BCUT2D eigenvalue weighted by atomic mass is 9.96. The topological polar surface area (TPSA) is 46.3 Å². The lowest BCUT2D eigenvalue weighted by Gasteiger charge is -2.28. The minimum absolute atomic E-state index is 0.147. The van der Waals surface area contributed by atoms with Gasteiger partial charge in [0, 0.05) is 25.6 Å². The summed E-state index contributed by atoms with van der Waals surface area (Å²) in [6.45, 7) is 6.78. The Morgan fingerprint density at radius 1 is 1.27 bits per heavy atom. The lowest BCUT2D eigenvalue weighted by Crippen LogP contribution is -2.42. The highest BCUT2D eigenvalue weighted by molar-refractivity contribution is 5.78. The molecule has 0 aliphatic rings. The van der Waals surface area contributed by atoms with Gasteiger partial charge in [0.1, 0.15) is 0 Å². The first-order valence-electron chi connectivity index (χ1n) is 6.05. The summed E-state index contributed by atoms with van der Waals surface area (Å²) in [5, 5.41) is 0. The highest BCUT2D eigenvalue weighted by atomic mass is 16.2. The van der Waals surface area contributed by atoms with Gasteiger partial charge < -0.3 is 10.6 Å². The fraction of sp³-hybridized carbons (Fsp3) is 0.917. The number of hydrogen-bond donors (Lipinski definition) is 1. The number of nitrogens with zero attached hydrogens (tertiary/aromatic N) is 1. The van der Waals surface area contributed by atoms with Gasteiger partial charge in [-0.05, 0) is 19.8 Å². The molecule has 0 heterocycles. The van der Waals surface area contributed by atoms with Crippen LogP contribution in [0.5, 0.6) is 0 Å². The molecule has 1 atom stereocenters. The summed E-state index contributed by atoms with van der Waals surface area (Å²) in [7, 11) is 1.86. The van der Waals surface area contributed by atoms with Crippen molar-refractivity contribution in [1.82, 2.24) is 4.90 Å². The van der Waals surface area contributed by atoms with Gasteiger partial charge in [-0.2, -0.15) is 0 Å². The van der Waals surface area contributed by atoms with E-state index in [4.69, 9.17) is 5.73 Å². The Balaban J connectivity index is 4.33. The van der Waals surface area contributed by atoms with E-state index in [9.17, 15) is 4.79 Å². The zero-order chi connectivity index (χ0) is 11.8. The number of rotatable bonds is 7. The van der Waals surface area contributed by atoms with Crippen LogP contribution >= 0.6 is 0 Å². The van der Waals surface area contributed by atoms with Gasteiger partial charge in [0.05, 0.1) is 0 Å². The quantitative estimate of drug-likeness (QED) is 0.704. The van der Waals surface area contributed by atoms with Crippen LogP contribution in [0.2, 0.25) is 0 Å². The number of likely N-dealkylation sites (N-methyl/N-ethyl adjacent to an activating group) is 1. The van der Waals surface area contributed by atoms with Crippen LogP contribution in [0.1, 0.15) is 46.5 Å². The SMILES string of the molecule is CCCC(CCC)C(=O)N(C)C(C)CN. The number of hydrogen-bond acceptors (Lipinski definition) is 2. The van der Waals surface area contributed by atoms with E-state index in [1.165, 1.54) is 0 Å². The summed E-state index contributed by atoms with van der Waals surface area (Å²) < 4.78 is 0. The largest absolute Gasteiger partial charge is 0.342 e. The number of nitrogens with two attached hydrogens (primary N) is 1. The zero-order valence-corrected chi connectivity index (χ0v) is 10.6. The molecule has 0 saturated carbocycles. The van der Waals surface area contributed by atoms with E-state index >= 15 is 0 Å². The first-order valence-corrected chi connectivity index (χ1v) is 6.05. The molecule has 0 rings (SSSR count). The maximum absolute atomic E-state index is 12.1. The van der Waals surface area contributed by atoms with Gasteiger partial charge in [-0.15, -0.1) is 0 Å². The van der Waals surface area contributed by atoms with Gasteiger partial charge in [0.15, 0.2) is 0 Å². The summed E-state index contributed by atoms with van der Waals surface area (Å²) in [5.74, 6) is 0.454. The van der Waals surface area contributed by atoms with Crippen molar-refractivity contribution in [1.29, 1.82) is 0 Å². The van der Waals surface area contributed by atoms with Crippen LogP contribution in [0, 0.1) is 5.92 Å². The standard InChI is InChI=1S/C12H26N2O/c1-5-7-11(8-6-2)12(15)14(4)10(3)9-13/h10-11H,5-9,13H2,1-4H3. The molecule has 0 aliphatic carbocycles. The smallest absolute Gasteiger partial charge is 0.225 e. The van der Waals surface area contributed by atoms with Gasteiger partial charge in [-0.25, -0.2) is 0 Å². The highest BCUT2D eigenvalue weighted by Crippen LogP contribution is 2.17. The second kappa shape index (κ2) is 7.69. The van der Waals surface area contributed by atoms with Crippen LogP contribution in [-0.2, 0) is 4.79 Å². The number of carbonyl (C=O) groups excluding carboxylic acids is 1. The molecular formula is C12H26N2O. The Labute approximate surface area is 94.0 Å². The van der Waals surface area contributed by atoms with Crippen LogP contribution in [0.15, 0.2) is 0 Å². The molecule has 1 amide bonds. The molecule has 1 unspecified atom stereocenters. The van der Waals surface area contributed by atoms with E-state index in [1.54, 1.807) is 4.90 Å². The van der Waals surface area contributed by atoms with E-state index < -0.39 is 0 Å². The van der Waals surface area contributed by atoms with Crippen molar-refractivity contribution >= 4 is 5.91 Å². The maximum atomic E-state index is 12.1. The van der Waals surface area contributed by atoms with E-state index in [0.717, 1.165) is 25.7 Å². The normalized spacial score (nSPS) is 12.9. The van der Waals surface area contributed by atoms with Crippen molar-refractivity contribution in [3.05, 3.63) is 0 Å². The van der Waals surface area contributed by atoms with E-state index in [1.807, 2.05) is 14.0 Å². The Morgan fingerprint density at radius 2 is 1.73 bits per heavy atom. The van der Waals surface area contributed by atoms with Crippen LogP contribution in [0.3, 0.4) is 0 Å². The van der Waals surface area contributed by atoms with Crippen LogP contribution in [0.4, 0.5) is 0 Å². The summed E-state index contributed by atoms with van der Waals surface area (Å²) in [5.41, 5.74) is 5.56. The summed E-state index contributed by atoms with van der Waals surface area (Å²) >= 11 is 0. The Morgan fingerprint density at radius 3 is 2.07 bits per heavy atom. The average molecular weight is 214 g/mol. The van der Waals surface area contributed by atoms with Gasteiger partial charge in [0.2, 0.25) is 5.91 Å². The number of amides is 1. The van der Waals surface area contributed by atoms with Crippen molar-refractivity contribution in [2.75, 3.05) is 13.6 Å². The van der Waals surface area contributed by atoms with Crippen LogP contribution in [0.25, 0.3) is 0 Å². The third-order valence-corrected chi connectivity index (χ3v) is 2.97. The molecule has 15 heavy (non-hydrogen) atoms. The van der Waals surface area contributed by atoms with E-state index in [-0.39, 0.29) is 17.9 Å². The molecule has 0 aromatic heterocycles. The molecule has 0 aromatic rings. The molecule has 0 spiro atoms. The predicted molar refractivity (Wildman–Crippen MR) is 64.6 cm³/mol.